The lowest BCUT2D eigenvalue weighted by molar-refractivity contribution is 0.0996. The third-order valence-corrected chi connectivity index (χ3v) is 7.38. The van der Waals surface area contributed by atoms with E-state index in [1.165, 1.54) is 18.2 Å². The molecule has 3 amide bonds. The van der Waals surface area contributed by atoms with E-state index < -0.39 is 25.3 Å². The van der Waals surface area contributed by atoms with E-state index in [2.05, 4.69) is 24.8 Å². The molecule has 1 fully saturated rings. The van der Waals surface area contributed by atoms with Crippen LogP contribution in [0.3, 0.4) is 0 Å². The number of hydrogen-bond acceptors (Lipinski definition) is 8. The van der Waals surface area contributed by atoms with Crippen LogP contribution in [0.1, 0.15) is 52.7 Å². The summed E-state index contributed by atoms with van der Waals surface area (Å²) in [7, 11) is 0. The topological polar surface area (TPSA) is 133 Å². The summed E-state index contributed by atoms with van der Waals surface area (Å²) < 4.78 is 36.0. The molecule has 0 spiro atoms. The molecule has 13 heteroatoms. The number of β-amino-alcohol motifs (C(OH)–C–C–N with tert-alkyl or cyclic N) is 1. The molecule has 1 aromatic carbocycles. The third kappa shape index (κ3) is 9.67. The minimum absolute atomic E-state index is 0.0733. The Balaban J connectivity index is 1.37. The van der Waals surface area contributed by atoms with Gasteiger partial charge in [-0.2, -0.15) is 4.37 Å². The predicted octanol–water partition coefficient (Wildman–Crippen LogP) is 3.05. The molecule has 1 aliphatic rings. The van der Waals surface area contributed by atoms with Crippen molar-refractivity contribution < 1.29 is 28.2 Å². The maximum Gasteiger partial charge on any atom is 0.319 e. The number of primary amides is 1. The number of benzene rings is 1. The molecule has 2 heterocycles. The van der Waals surface area contributed by atoms with Gasteiger partial charge in [-0.25, -0.2) is 13.6 Å². The highest BCUT2D eigenvalue weighted by Gasteiger charge is 2.22. The standard InChI is InChI=1S/C26H38F2N6O4S/c27-16-19-5-6-20(17-28)21(15-19)18-38-24-22(23(29)36)25(39-32-24)31-26(37)30-7-3-1-2-4-8-33-9-11-34(12-10-33)13-14-35/h5-6,15,35H,1-4,7-14,16-18H2,(H2,29,36)(H2,30,31,37). The van der Waals surface area contributed by atoms with Crippen molar-refractivity contribution in [3.05, 3.63) is 40.5 Å². The number of rotatable bonds is 16. The van der Waals surface area contributed by atoms with Gasteiger partial charge < -0.3 is 25.8 Å². The Bertz CT molecular complexity index is 1070. The lowest BCUT2D eigenvalue weighted by atomic mass is 10.1. The molecule has 0 radical (unpaired) electrons. The van der Waals surface area contributed by atoms with Gasteiger partial charge in [0.15, 0.2) is 0 Å². The molecule has 10 nitrogen and oxygen atoms in total. The Hall–Kier alpha value is -2.87. The van der Waals surface area contributed by atoms with Crippen molar-refractivity contribution in [1.29, 1.82) is 0 Å². The number of amides is 3. The Morgan fingerprint density at radius 2 is 1.74 bits per heavy atom. The first kappa shape index (κ1) is 30.7. The molecule has 1 saturated heterocycles. The van der Waals surface area contributed by atoms with E-state index in [4.69, 9.17) is 15.6 Å². The number of alkyl halides is 2. The summed E-state index contributed by atoms with van der Waals surface area (Å²) in [6.07, 6.45) is 3.98. The number of carbonyl (C=O) groups excluding carboxylic acids is 2. The average Bonchev–Trinajstić information content (AvgIpc) is 3.34. The van der Waals surface area contributed by atoms with Gasteiger partial charge in [0.2, 0.25) is 5.88 Å². The van der Waals surface area contributed by atoms with E-state index in [0.717, 1.165) is 76.5 Å². The van der Waals surface area contributed by atoms with Crippen LogP contribution >= 0.6 is 11.5 Å². The number of aliphatic hydroxyl groups is 1. The molecule has 2 aromatic rings. The summed E-state index contributed by atoms with van der Waals surface area (Å²) in [4.78, 5) is 29.1. The van der Waals surface area contributed by atoms with Crippen LogP contribution in [0.4, 0.5) is 18.6 Å². The van der Waals surface area contributed by atoms with Gasteiger partial charge in [0, 0.05) is 39.3 Å². The molecule has 3 rings (SSSR count). The normalized spacial score (nSPS) is 14.3. The van der Waals surface area contributed by atoms with Crippen molar-refractivity contribution in [3.8, 4) is 5.88 Å². The molecule has 0 atom stereocenters. The molecular weight excluding hydrogens is 530 g/mol. The van der Waals surface area contributed by atoms with Crippen molar-refractivity contribution in [2.75, 3.05) is 57.7 Å². The molecule has 0 unspecified atom stereocenters. The van der Waals surface area contributed by atoms with Crippen molar-refractivity contribution in [3.63, 3.8) is 0 Å². The number of nitrogens with zero attached hydrogens (tertiary/aromatic N) is 3. The van der Waals surface area contributed by atoms with Gasteiger partial charge in [-0.05, 0) is 53.7 Å². The van der Waals surface area contributed by atoms with Gasteiger partial charge in [-0.1, -0.05) is 25.0 Å². The number of urea groups is 1. The van der Waals surface area contributed by atoms with Crippen LogP contribution < -0.4 is 21.1 Å². The molecule has 0 aliphatic carbocycles. The van der Waals surface area contributed by atoms with Crippen LogP contribution in [0.5, 0.6) is 5.88 Å². The highest BCUT2D eigenvalue weighted by atomic mass is 32.1. The number of aromatic nitrogens is 1. The predicted molar refractivity (Wildman–Crippen MR) is 146 cm³/mol. The van der Waals surface area contributed by atoms with E-state index in [1.54, 1.807) is 0 Å². The second kappa shape index (κ2) is 16.3. The maximum atomic E-state index is 13.3. The lowest BCUT2D eigenvalue weighted by Crippen LogP contribution is -2.47. The number of halogens is 2. The van der Waals surface area contributed by atoms with Gasteiger partial charge in [0.25, 0.3) is 5.91 Å². The highest BCUT2D eigenvalue weighted by molar-refractivity contribution is 7.11. The molecule has 39 heavy (non-hydrogen) atoms. The number of carbonyl (C=O) groups is 2. The molecule has 216 valence electrons. The van der Waals surface area contributed by atoms with E-state index >= 15 is 0 Å². The molecule has 5 N–H and O–H groups in total. The SMILES string of the molecule is NC(=O)c1c(OCc2cc(CF)ccc2CF)nsc1NC(=O)NCCCCCCN1CCN(CCO)CC1. The van der Waals surface area contributed by atoms with Crippen molar-refractivity contribution >= 4 is 28.5 Å². The minimum atomic E-state index is -0.827. The maximum absolute atomic E-state index is 13.3. The number of piperazine rings is 1. The van der Waals surface area contributed by atoms with Gasteiger partial charge in [-0.15, -0.1) is 0 Å². The van der Waals surface area contributed by atoms with Crippen LogP contribution in [0.2, 0.25) is 0 Å². The zero-order valence-corrected chi connectivity index (χ0v) is 22.9. The summed E-state index contributed by atoms with van der Waals surface area (Å²) in [5.41, 5.74) is 6.59. The van der Waals surface area contributed by atoms with Gasteiger partial charge in [0.05, 0.1) is 6.61 Å². The van der Waals surface area contributed by atoms with E-state index in [-0.39, 0.29) is 29.7 Å². The average molecular weight is 569 g/mol. The van der Waals surface area contributed by atoms with Crippen LogP contribution in [0.15, 0.2) is 18.2 Å². The second-order valence-corrected chi connectivity index (χ2v) is 10.2. The highest BCUT2D eigenvalue weighted by Crippen LogP contribution is 2.31. The van der Waals surface area contributed by atoms with E-state index in [1.807, 2.05) is 0 Å². The van der Waals surface area contributed by atoms with E-state index in [9.17, 15) is 18.4 Å². The largest absolute Gasteiger partial charge is 0.472 e. The van der Waals surface area contributed by atoms with Crippen molar-refractivity contribution in [1.82, 2.24) is 19.5 Å². The van der Waals surface area contributed by atoms with Crippen molar-refractivity contribution in [2.45, 2.75) is 45.6 Å². The van der Waals surface area contributed by atoms with Crippen LogP contribution in [-0.2, 0) is 20.0 Å². The molecule has 0 saturated carbocycles. The Morgan fingerprint density at radius 3 is 2.41 bits per heavy atom. The van der Waals surface area contributed by atoms with Gasteiger partial charge in [0.1, 0.15) is 30.5 Å². The Labute approximate surface area is 231 Å². The smallest absolute Gasteiger partial charge is 0.319 e. The molecule has 1 aliphatic heterocycles. The fourth-order valence-corrected chi connectivity index (χ4v) is 5.13. The summed E-state index contributed by atoms with van der Waals surface area (Å²) in [6, 6.07) is 4.01. The summed E-state index contributed by atoms with van der Waals surface area (Å²) in [6.45, 7) is 4.97. The Kier molecular flexibility index (Phi) is 12.8. The zero-order chi connectivity index (χ0) is 28.0. The third-order valence-electron chi connectivity index (χ3n) is 6.64. The number of anilines is 1. The van der Waals surface area contributed by atoms with Gasteiger partial charge in [-0.3, -0.25) is 15.0 Å². The number of nitrogens with one attached hydrogen (secondary N) is 2. The molecular formula is C26H38F2N6O4S. The first-order valence-corrected chi connectivity index (χ1v) is 14.0. The zero-order valence-electron chi connectivity index (χ0n) is 22.1. The first-order valence-electron chi connectivity index (χ1n) is 13.2. The first-order chi connectivity index (χ1) is 18.9. The number of hydrogen-bond donors (Lipinski definition) is 4. The minimum Gasteiger partial charge on any atom is -0.472 e. The lowest BCUT2D eigenvalue weighted by Gasteiger charge is -2.34. The Morgan fingerprint density at radius 1 is 1.03 bits per heavy atom. The van der Waals surface area contributed by atoms with Crippen LogP contribution in [0.25, 0.3) is 0 Å². The monoisotopic (exact) mass is 568 g/mol. The number of nitrogens with two attached hydrogens (primary N) is 1. The summed E-state index contributed by atoms with van der Waals surface area (Å²) >= 11 is 0.850. The molecule has 0 bridgehead atoms. The van der Waals surface area contributed by atoms with E-state index in [0.29, 0.717) is 23.2 Å². The fourth-order valence-electron chi connectivity index (χ4n) is 4.39. The quantitative estimate of drug-likeness (QED) is 0.229. The number of unbranched alkanes of at least 4 members (excludes halogenated alkanes) is 3. The number of aliphatic hydroxyl groups excluding tert-OH is 1. The second-order valence-electron chi connectivity index (χ2n) is 9.42. The summed E-state index contributed by atoms with van der Waals surface area (Å²) in [5.74, 6) is -0.903. The summed E-state index contributed by atoms with van der Waals surface area (Å²) in [5, 5.41) is 14.5. The van der Waals surface area contributed by atoms with Gasteiger partial charge >= 0.3 is 6.03 Å². The fraction of sp³-hybridized carbons (Fsp3) is 0.577. The van der Waals surface area contributed by atoms with Crippen molar-refractivity contribution in [2.24, 2.45) is 5.73 Å². The van der Waals surface area contributed by atoms with Crippen LogP contribution in [0, 0.1) is 0 Å². The molecule has 1 aromatic heterocycles. The van der Waals surface area contributed by atoms with Crippen LogP contribution in [-0.4, -0.2) is 83.6 Å². The number of ether oxygens (including phenoxy) is 1.